The van der Waals surface area contributed by atoms with Crippen molar-refractivity contribution in [2.75, 3.05) is 10.0 Å². The molecule has 2 N–H and O–H groups in total. The quantitative estimate of drug-likeness (QED) is 0.396. The molecule has 0 aliphatic rings. The number of furan rings is 1. The first-order chi connectivity index (χ1) is 15.8. The van der Waals surface area contributed by atoms with E-state index in [-0.39, 0.29) is 23.6 Å². The maximum atomic E-state index is 12.8. The molecule has 2 aromatic heterocycles. The number of aryl methyl sites for hydroxylation is 3. The largest absolute Gasteiger partial charge is 0.461 e. The molecule has 2 heterocycles. The molecule has 0 bridgehead atoms. The number of nitrogens with zero attached hydrogens (tertiary/aromatic N) is 2. The standard InChI is InChI=1S/C23H22N4O5S/c1-15-5-3-6-16(2)22(15)27-33(29,30)18-10-8-17(9-11-18)24-20(28)12-13-21-25-23(26-32-21)19-7-4-14-31-19/h3-11,14,27H,12-13H2,1-2H3,(H,24,28). The van der Waals surface area contributed by atoms with Gasteiger partial charge in [0.2, 0.25) is 17.6 Å². The lowest BCUT2D eigenvalue weighted by Crippen LogP contribution is -2.15. The van der Waals surface area contributed by atoms with Crippen LogP contribution in [0, 0.1) is 13.8 Å². The zero-order chi connectivity index (χ0) is 23.4. The molecule has 4 rings (SSSR count). The average molecular weight is 467 g/mol. The summed E-state index contributed by atoms with van der Waals surface area (Å²) in [6, 6.07) is 15.0. The van der Waals surface area contributed by atoms with E-state index in [0.29, 0.717) is 28.9 Å². The van der Waals surface area contributed by atoms with Crippen molar-refractivity contribution in [3.63, 3.8) is 0 Å². The molecule has 0 saturated heterocycles. The predicted molar refractivity (Wildman–Crippen MR) is 122 cm³/mol. The molecule has 9 nitrogen and oxygen atoms in total. The third-order valence-electron chi connectivity index (χ3n) is 4.94. The van der Waals surface area contributed by atoms with Crippen molar-refractivity contribution < 1.29 is 22.2 Å². The molecule has 0 radical (unpaired) electrons. The molecular formula is C23H22N4O5S. The maximum Gasteiger partial charge on any atom is 0.261 e. The first kappa shape index (κ1) is 22.3. The molecule has 0 spiro atoms. The maximum absolute atomic E-state index is 12.8. The van der Waals surface area contributed by atoms with Crippen LogP contribution in [0.2, 0.25) is 0 Å². The first-order valence-corrected chi connectivity index (χ1v) is 11.7. The zero-order valence-electron chi connectivity index (χ0n) is 18.0. The molecule has 0 aliphatic heterocycles. The highest BCUT2D eigenvalue weighted by Crippen LogP contribution is 2.24. The van der Waals surface area contributed by atoms with Gasteiger partial charge in [-0.1, -0.05) is 23.4 Å². The molecule has 1 amide bonds. The number of aromatic nitrogens is 2. The number of carbonyl (C=O) groups is 1. The Labute approximate surface area is 190 Å². The molecule has 4 aromatic rings. The average Bonchev–Trinajstić information content (AvgIpc) is 3.47. The summed E-state index contributed by atoms with van der Waals surface area (Å²) in [6.07, 6.45) is 1.88. The Kier molecular flexibility index (Phi) is 6.27. The minimum Gasteiger partial charge on any atom is -0.461 e. The van der Waals surface area contributed by atoms with Crippen LogP contribution in [0.3, 0.4) is 0 Å². The van der Waals surface area contributed by atoms with E-state index < -0.39 is 10.0 Å². The van der Waals surface area contributed by atoms with Crippen LogP contribution in [0.5, 0.6) is 0 Å². The number of carbonyl (C=O) groups excluding carboxylic acids is 1. The van der Waals surface area contributed by atoms with Crippen LogP contribution in [0.25, 0.3) is 11.6 Å². The molecule has 2 aromatic carbocycles. The van der Waals surface area contributed by atoms with Gasteiger partial charge in [0.1, 0.15) is 0 Å². The molecule has 10 heteroatoms. The fraction of sp³-hybridized carbons (Fsp3) is 0.174. The van der Waals surface area contributed by atoms with Crippen LogP contribution in [0.15, 0.2) is 74.7 Å². The monoisotopic (exact) mass is 466 g/mol. The highest BCUT2D eigenvalue weighted by atomic mass is 32.2. The van der Waals surface area contributed by atoms with Crippen LogP contribution in [0.1, 0.15) is 23.4 Å². The van der Waals surface area contributed by atoms with E-state index in [9.17, 15) is 13.2 Å². The third kappa shape index (κ3) is 5.29. The summed E-state index contributed by atoms with van der Waals surface area (Å²) < 4.78 is 38.5. The summed E-state index contributed by atoms with van der Waals surface area (Å²) in [7, 11) is -3.76. The van der Waals surface area contributed by atoms with Crippen molar-refractivity contribution >= 4 is 27.3 Å². The Balaban J connectivity index is 1.35. The van der Waals surface area contributed by atoms with Gasteiger partial charge in [0, 0.05) is 18.5 Å². The molecule has 0 atom stereocenters. The molecule has 33 heavy (non-hydrogen) atoms. The molecule has 0 fully saturated rings. The van der Waals surface area contributed by atoms with Crippen LogP contribution in [-0.4, -0.2) is 24.5 Å². The number of hydrogen-bond donors (Lipinski definition) is 2. The second kappa shape index (κ2) is 9.29. The topological polar surface area (TPSA) is 127 Å². The number of anilines is 2. The van der Waals surface area contributed by atoms with Gasteiger partial charge < -0.3 is 14.3 Å². The van der Waals surface area contributed by atoms with Gasteiger partial charge in [-0.05, 0) is 61.4 Å². The number of para-hydroxylation sites is 1. The van der Waals surface area contributed by atoms with E-state index in [1.807, 2.05) is 32.0 Å². The smallest absolute Gasteiger partial charge is 0.261 e. The second-order valence-electron chi connectivity index (χ2n) is 7.43. The summed E-state index contributed by atoms with van der Waals surface area (Å²) in [4.78, 5) is 16.6. The van der Waals surface area contributed by atoms with Crippen molar-refractivity contribution in [3.8, 4) is 11.6 Å². The van der Waals surface area contributed by atoms with Gasteiger partial charge in [-0.25, -0.2) is 8.42 Å². The van der Waals surface area contributed by atoms with Crippen LogP contribution < -0.4 is 10.0 Å². The lowest BCUT2D eigenvalue weighted by Gasteiger charge is -2.13. The highest BCUT2D eigenvalue weighted by Gasteiger charge is 2.17. The lowest BCUT2D eigenvalue weighted by atomic mass is 10.1. The van der Waals surface area contributed by atoms with Gasteiger partial charge in [0.05, 0.1) is 16.8 Å². The number of nitrogens with one attached hydrogen (secondary N) is 2. The van der Waals surface area contributed by atoms with E-state index in [1.54, 1.807) is 24.3 Å². The molecule has 170 valence electrons. The SMILES string of the molecule is Cc1cccc(C)c1NS(=O)(=O)c1ccc(NC(=O)CCc2nc(-c3ccco3)no2)cc1. The molecule has 0 aliphatic carbocycles. The fourth-order valence-electron chi connectivity index (χ4n) is 3.19. The van der Waals surface area contributed by atoms with Gasteiger partial charge in [-0.15, -0.1) is 0 Å². The Hall–Kier alpha value is -3.92. The molecule has 0 saturated carbocycles. The van der Waals surface area contributed by atoms with E-state index in [1.165, 1.54) is 18.4 Å². The van der Waals surface area contributed by atoms with Gasteiger partial charge in [0.15, 0.2) is 5.76 Å². The third-order valence-corrected chi connectivity index (χ3v) is 6.31. The lowest BCUT2D eigenvalue weighted by molar-refractivity contribution is -0.116. The van der Waals surface area contributed by atoms with E-state index in [4.69, 9.17) is 8.94 Å². The van der Waals surface area contributed by atoms with Gasteiger partial charge >= 0.3 is 0 Å². The minimum absolute atomic E-state index is 0.0967. The number of sulfonamides is 1. The van der Waals surface area contributed by atoms with Crippen LogP contribution in [0.4, 0.5) is 11.4 Å². The van der Waals surface area contributed by atoms with Crippen LogP contribution >= 0.6 is 0 Å². The summed E-state index contributed by atoms with van der Waals surface area (Å²) >= 11 is 0. The molecular weight excluding hydrogens is 444 g/mol. The normalized spacial score (nSPS) is 11.3. The highest BCUT2D eigenvalue weighted by molar-refractivity contribution is 7.92. The van der Waals surface area contributed by atoms with E-state index >= 15 is 0 Å². The van der Waals surface area contributed by atoms with Crippen molar-refractivity contribution in [2.45, 2.75) is 31.6 Å². The zero-order valence-corrected chi connectivity index (χ0v) is 18.8. The molecule has 0 unspecified atom stereocenters. The van der Waals surface area contributed by atoms with E-state index in [2.05, 4.69) is 20.2 Å². The van der Waals surface area contributed by atoms with Gasteiger partial charge in [-0.2, -0.15) is 4.98 Å². The number of amides is 1. The minimum atomic E-state index is -3.76. The van der Waals surface area contributed by atoms with Crippen LogP contribution in [-0.2, 0) is 21.2 Å². The van der Waals surface area contributed by atoms with Crippen molar-refractivity contribution in [2.24, 2.45) is 0 Å². The van der Waals surface area contributed by atoms with Crippen molar-refractivity contribution in [1.29, 1.82) is 0 Å². The van der Waals surface area contributed by atoms with Crippen molar-refractivity contribution in [1.82, 2.24) is 10.1 Å². The Morgan fingerprint density at radius 1 is 1.00 bits per heavy atom. The van der Waals surface area contributed by atoms with Gasteiger partial charge in [0.25, 0.3) is 10.0 Å². The second-order valence-corrected chi connectivity index (χ2v) is 9.12. The number of rotatable bonds is 8. The first-order valence-electron chi connectivity index (χ1n) is 10.2. The Morgan fingerprint density at radius 3 is 2.39 bits per heavy atom. The Morgan fingerprint density at radius 2 is 1.73 bits per heavy atom. The van der Waals surface area contributed by atoms with E-state index in [0.717, 1.165) is 11.1 Å². The summed E-state index contributed by atoms with van der Waals surface area (Å²) in [6.45, 7) is 3.69. The Bertz CT molecular complexity index is 1340. The fourth-order valence-corrected chi connectivity index (χ4v) is 4.40. The van der Waals surface area contributed by atoms with Crippen molar-refractivity contribution in [3.05, 3.63) is 77.9 Å². The number of benzene rings is 2. The summed E-state index contributed by atoms with van der Waals surface area (Å²) in [5.41, 5.74) is 2.71. The van der Waals surface area contributed by atoms with Gasteiger partial charge in [-0.3, -0.25) is 9.52 Å². The predicted octanol–water partition coefficient (Wildman–Crippen LogP) is 4.32. The number of hydrogen-bond acceptors (Lipinski definition) is 7. The summed E-state index contributed by atoms with van der Waals surface area (Å²) in [5, 5.41) is 6.55. The summed E-state index contributed by atoms with van der Waals surface area (Å²) in [5.74, 6) is 0.853.